The number of para-hydroxylation sites is 1. The second kappa shape index (κ2) is 4.81. The lowest BCUT2D eigenvalue weighted by Gasteiger charge is -2.05. The van der Waals surface area contributed by atoms with Crippen molar-refractivity contribution in [2.75, 3.05) is 0 Å². The fourth-order valence-corrected chi connectivity index (χ4v) is 1.67. The van der Waals surface area contributed by atoms with Gasteiger partial charge in [-0.3, -0.25) is 4.79 Å². The third kappa shape index (κ3) is 2.40. The van der Waals surface area contributed by atoms with Crippen molar-refractivity contribution in [3.8, 4) is 11.5 Å². The molecule has 0 radical (unpaired) electrons. The summed E-state index contributed by atoms with van der Waals surface area (Å²) >= 11 is 0. The molecule has 0 aromatic heterocycles. The first-order valence-corrected chi connectivity index (χ1v) is 5.39. The van der Waals surface area contributed by atoms with Crippen molar-refractivity contribution >= 4 is 11.8 Å². The lowest BCUT2D eigenvalue weighted by atomic mass is 10.00. The number of carboxylic acids is 1. The van der Waals surface area contributed by atoms with Gasteiger partial charge in [0.2, 0.25) is 0 Å². The van der Waals surface area contributed by atoms with Gasteiger partial charge in [0, 0.05) is 5.56 Å². The second-order valence-corrected chi connectivity index (χ2v) is 3.88. The molecule has 5 heteroatoms. The minimum absolute atomic E-state index is 0.0736. The number of carboxylic acid groups (broad SMARTS) is 1. The van der Waals surface area contributed by atoms with Crippen LogP contribution in [0.4, 0.5) is 0 Å². The van der Waals surface area contributed by atoms with E-state index >= 15 is 0 Å². The Kier molecular flexibility index (Phi) is 3.20. The van der Waals surface area contributed by atoms with E-state index in [1.54, 1.807) is 12.1 Å². The van der Waals surface area contributed by atoms with Crippen LogP contribution in [0.1, 0.15) is 26.3 Å². The summed E-state index contributed by atoms with van der Waals surface area (Å²) in [6.45, 7) is 0. The number of benzene rings is 2. The highest BCUT2D eigenvalue weighted by Gasteiger charge is 2.17. The molecule has 0 fully saturated rings. The number of carbonyl (C=O) groups is 2. The molecule has 0 heterocycles. The van der Waals surface area contributed by atoms with Crippen LogP contribution in [0.5, 0.6) is 11.5 Å². The van der Waals surface area contributed by atoms with Gasteiger partial charge in [-0.2, -0.15) is 0 Å². The molecule has 2 aromatic rings. The molecule has 19 heavy (non-hydrogen) atoms. The maximum atomic E-state index is 12.1. The number of phenols is 2. The highest BCUT2D eigenvalue weighted by molar-refractivity contribution is 6.11. The van der Waals surface area contributed by atoms with Crippen molar-refractivity contribution in [2.45, 2.75) is 0 Å². The summed E-state index contributed by atoms with van der Waals surface area (Å²) in [6, 6.07) is 9.48. The van der Waals surface area contributed by atoms with Gasteiger partial charge in [-0.25, -0.2) is 4.79 Å². The van der Waals surface area contributed by atoms with Crippen molar-refractivity contribution in [3.63, 3.8) is 0 Å². The van der Waals surface area contributed by atoms with Gasteiger partial charge in [0.25, 0.3) is 0 Å². The summed E-state index contributed by atoms with van der Waals surface area (Å²) < 4.78 is 0. The molecule has 0 aliphatic carbocycles. The number of ketones is 1. The average Bonchev–Trinajstić information content (AvgIpc) is 2.38. The molecule has 2 rings (SSSR count). The van der Waals surface area contributed by atoms with Crippen LogP contribution in [0, 0.1) is 0 Å². The van der Waals surface area contributed by atoms with Crippen molar-refractivity contribution in [2.24, 2.45) is 0 Å². The summed E-state index contributed by atoms with van der Waals surface area (Å²) in [5.41, 5.74) is -0.206. The van der Waals surface area contributed by atoms with E-state index in [2.05, 4.69) is 0 Å². The topological polar surface area (TPSA) is 94.8 Å². The molecule has 0 amide bonds. The number of rotatable bonds is 3. The molecule has 0 bridgehead atoms. The average molecular weight is 258 g/mol. The van der Waals surface area contributed by atoms with E-state index in [-0.39, 0.29) is 22.4 Å². The zero-order valence-electron chi connectivity index (χ0n) is 9.70. The van der Waals surface area contributed by atoms with Crippen molar-refractivity contribution in [3.05, 3.63) is 59.2 Å². The SMILES string of the molecule is O=C(O)c1cc(C(=O)c2ccccc2O)ccc1O. The van der Waals surface area contributed by atoms with Crippen LogP contribution in [0.15, 0.2) is 42.5 Å². The summed E-state index contributed by atoms with van der Waals surface area (Å²) in [7, 11) is 0. The van der Waals surface area contributed by atoms with Crippen LogP contribution in [0.3, 0.4) is 0 Å². The molecule has 0 aliphatic heterocycles. The van der Waals surface area contributed by atoms with Crippen LogP contribution < -0.4 is 0 Å². The van der Waals surface area contributed by atoms with Gasteiger partial charge in [0.15, 0.2) is 5.78 Å². The highest BCUT2D eigenvalue weighted by Crippen LogP contribution is 2.23. The Morgan fingerprint density at radius 2 is 1.47 bits per heavy atom. The molecule has 2 aromatic carbocycles. The standard InChI is InChI=1S/C14H10O5/c15-11-4-2-1-3-9(11)13(17)8-5-6-12(16)10(7-8)14(18)19/h1-7,15-16H,(H,18,19). The number of aromatic hydroxyl groups is 2. The number of hydrogen-bond donors (Lipinski definition) is 3. The molecule has 0 saturated carbocycles. The Morgan fingerprint density at radius 1 is 0.842 bits per heavy atom. The van der Waals surface area contributed by atoms with Gasteiger partial charge in [-0.1, -0.05) is 12.1 Å². The van der Waals surface area contributed by atoms with E-state index in [0.29, 0.717) is 0 Å². The fraction of sp³-hybridized carbons (Fsp3) is 0. The predicted molar refractivity (Wildman–Crippen MR) is 66.6 cm³/mol. The minimum Gasteiger partial charge on any atom is -0.507 e. The molecule has 0 aliphatic rings. The summed E-state index contributed by atoms with van der Waals surface area (Å²) in [6.07, 6.45) is 0. The zero-order valence-corrected chi connectivity index (χ0v) is 9.70. The van der Waals surface area contributed by atoms with E-state index < -0.39 is 17.5 Å². The molecule has 5 nitrogen and oxygen atoms in total. The van der Waals surface area contributed by atoms with Crippen LogP contribution in [0.25, 0.3) is 0 Å². The predicted octanol–water partition coefficient (Wildman–Crippen LogP) is 2.03. The smallest absolute Gasteiger partial charge is 0.339 e. The van der Waals surface area contributed by atoms with E-state index in [0.717, 1.165) is 12.1 Å². The quantitative estimate of drug-likeness (QED) is 0.732. The molecule has 0 spiro atoms. The molecular weight excluding hydrogens is 248 g/mol. The first kappa shape index (κ1) is 12.6. The Hall–Kier alpha value is -2.82. The molecule has 0 atom stereocenters. The zero-order chi connectivity index (χ0) is 14.0. The molecule has 0 unspecified atom stereocenters. The Bertz CT molecular complexity index is 661. The van der Waals surface area contributed by atoms with E-state index in [1.165, 1.54) is 18.2 Å². The van der Waals surface area contributed by atoms with Crippen LogP contribution in [0.2, 0.25) is 0 Å². The first-order valence-electron chi connectivity index (χ1n) is 5.39. The molecule has 0 saturated heterocycles. The normalized spacial score (nSPS) is 10.1. The largest absolute Gasteiger partial charge is 0.507 e. The van der Waals surface area contributed by atoms with Crippen LogP contribution in [-0.2, 0) is 0 Å². The summed E-state index contributed by atoms with van der Waals surface area (Å²) in [5.74, 6) is -2.44. The Labute approximate surface area is 108 Å². The van der Waals surface area contributed by atoms with Crippen molar-refractivity contribution in [1.82, 2.24) is 0 Å². The van der Waals surface area contributed by atoms with Crippen molar-refractivity contribution < 1.29 is 24.9 Å². The van der Waals surface area contributed by atoms with Gasteiger partial charge in [-0.05, 0) is 30.3 Å². The van der Waals surface area contributed by atoms with Crippen molar-refractivity contribution in [1.29, 1.82) is 0 Å². The first-order chi connectivity index (χ1) is 9.00. The maximum absolute atomic E-state index is 12.1. The Balaban J connectivity index is 2.49. The monoisotopic (exact) mass is 258 g/mol. The van der Waals surface area contributed by atoms with E-state index in [1.807, 2.05) is 0 Å². The second-order valence-electron chi connectivity index (χ2n) is 3.88. The Morgan fingerprint density at radius 3 is 2.11 bits per heavy atom. The minimum atomic E-state index is -1.33. The van der Waals surface area contributed by atoms with Crippen LogP contribution >= 0.6 is 0 Å². The summed E-state index contributed by atoms with van der Waals surface area (Å²) in [5, 5.41) is 27.8. The van der Waals surface area contributed by atoms with Gasteiger partial charge in [0.1, 0.15) is 17.1 Å². The van der Waals surface area contributed by atoms with Gasteiger partial charge >= 0.3 is 5.97 Å². The lowest BCUT2D eigenvalue weighted by Crippen LogP contribution is -2.05. The number of carbonyl (C=O) groups excluding carboxylic acids is 1. The van der Waals surface area contributed by atoms with Crippen LogP contribution in [-0.4, -0.2) is 27.1 Å². The fourth-order valence-electron chi connectivity index (χ4n) is 1.67. The number of aromatic carboxylic acids is 1. The van der Waals surface area contributed by atoms with Gasteiger partial charge in [-0.15, -0.1) is 0 Å². The summed E-state index contributed by atoms with van der Waals surface area (Å²) in [4.78, 5) is 23.0. The van der Waals surface area contributed by atoms with Gasteiger partial charge < -0.3 is 15.3 Å². The van der Waals surface area contributed by atoms with E-state index in [9.17, 15) is 19.8 Å². The lowest BCUT2D eigenvalue weighted by molar-refractivity contribution is 0.0693. The van der Waals surface area contributed by atoms with E-state index in [4.69, 9.17) is 5.11 Å². The number of phenolic OH excluding ortho intramolecular Hbond substituents is 1. The highest BCUT2D eigenvalue weighted by atomic mass is 16.4. The molecule has 96 valence electrons. The van der Waals surface area contributed by atoms with Gasteiger partial charge in [0.05, 0.1) is 5.56 Å². The number of hydrogen-bond acceptors (Lipinski definition) is 4. The molecular formula is C14H10O5. The third-order valence-electron chi connectivity index (χ3n) is 2.64. The molecule has 3 N–H and O–H groups in total. The maximum Gasteiger partial charge on any atom is 0.339 e. The third-order valence-corrected chi connectivity index (χ3v) is 2.64.